The topological polar surface area (TPSA) is 42.3 Å². The molecule has 0 saturated carbocycles. The minimum Gasteiger partial charge on any atom is -0.353 e. The largest absolute Gasteiger partial charge is 0.353 e. The molecule has 0 unspecified atom stereocenters. The normalized spacial score (nSPS) is 17.4. The first-order valence-corrected chi connectivity index (χ1v) is 6.30. The predicted octanol–water partition coefficient (Wildman–Crippen LogP) is 0.857. The zero-order chi connectivity index (χ0) is 11.1. The number of rotatable bonds is 2. The first-order valence-electron chi connectivity index (χ1n) is 4.80. The van der Waals surface area contributed by atoms with Crippen LogP contribution in [0.3, 0.4) is 0 Å². The SMILES string of the molecule is C=CS(=O)(=O)N1CCc2ccn(C)c2C1. The van der Waals surface area contributed by atoms with Gasteiger partial charge in [0.05, 0.1) is 6.54 Å². The van der Waals surface area contributed by atoms with E-state index in [1.165, 1.54) is 9.87 Å². The molecule has 0 radical (unpaired) electrons. The summed E-state index contributed by atoms with van der Waals surface area (Å²) < 4.78 is 26.6. The summed E-state index contributed by atoms with van der Waals surface area (Å²) in [6.45, 7) is 4.34. The van der Waals surface area contributed by atoms with Crippen molar-refractivity contribution in [3.05, 3.63) is 35.5 Å². The molecule has 0 bridgehead atoms. The van der Waals surface area contributed by atoms with Crippen LogP contribution in [0.15, 0.2) is 24.3 Å². The Bertz CT molecular complexity index is 488. The van der Waals surface area contributed by atoms with Crippen molar-refractivity contribution < 1.29 is 8.42 Å². The van der Waals surface area contributed by atoms with E-state index in [1.54, 1.807) is 0 Å². The Balaban J connectivity index is 2.33. The van der Waals surface area contributed by atoms with Crippen LogP contribution in [0.1, 0.15) is 11.3 Å². The molecule has 0 N–H and O–H groups in total. The van der Waals surface area contributed by atoms with Gasteiger partial charge in [0, 0.05) is 30.9 Å². The Morgan fingerprint density at radius 1 is 1.53 bits per heavy atom. The second-order valence-electron chi connectivity index (χ2n) is 3.69. The van der Waals surface area contributed by atoms with E-state index < -0.39 is 10.0 Å². The highest BCUT2D eigenvalue weighted by Gasteiger charge is 2.25. The Morgan fingerprint density at radius 2 is 2.27 bits per heavy atom. The molecule has 0 fully saturated rings. The van der Waals surface area contributed by atoms with Crippen molar-refractivity contribution in [2.45, 2.75) is 13.0 Å². The maximum atomic E-state index is 11.6. The molecule has 1 aromatic heterocycles. The third-order valence-electron chi connectivity index (χ3n) is 2.82. The van der Waals surface area contributed by atoms with Gasteiger partial charge < -0.3 is 4.57 Å². The quantitative estimate of drug-likeness (QED) is 0.750. The van der Waals surface area contributed by atoms with Crippen LogP contribution in [-0.4, -0.2) is 23.8 Å². The van der Waals surface area contributed by atoms with Gasteiger partial charge in [-0.3, -0.25) is 0 Å². The first-order chi connectivity index (χ1) is 7.04. The first kappa shape index (κ1) is 10.4. The summed E-state index contributed by atoms with van der Waals surface area (Å²) in [6.07, 6.45) is 2.75. The molecule has 82 valence electrons. The monoisotopic (exact) mass is 226 g/mol. The fourth-order valence-electron chi connectivity index (χ4n) is 1.87. The maximum absolute atomic E-state index is 11.6. The molecule has 2 heterocycles. The van der Waals surface area contributed by atoms with Crippen molar-refractivity contribution in [2.75, 3.05) is 6.54 Å². The highest BCUT2D eigenvalue weighted by Crippen LogP contribution is 2.21. The summed E-state index contributed by atoms with van der Waals surface area (Å²) in [4.78, 5) is 0. The van der Waals surface area contributed by atoms with E-state index in [1.807, 2.05) is 23.9 Å². The number of aromatic nitrogens is 1. The zero-order valence-corrected chi connectivity index (χ0v) is 9.50. The molecular weight excluding hydrogens is 212 g/mol. The van der Waals surface area contributed by atoms with E-state index in [4.69, 9.17) is 0 Å². The lowest BCUT2D eigenvalue weighted by molar-refractivity contribution is 0.387. The molecule has 2 rings (SSSR count). The molecule has 5 heteroatoms. The second-order valence-corrected chi connectivity index (χ2v) is 5.57. The van der Waals surface area contributed by atoms with Crippen molar-refractivity contribution in [3.8, 4) is 0 Å². The van der Waals surface area contributed by atoms with Crippen LogP contribution < -0.4 is 0 Å². The predicted molar refractivity (Wildman–Crippen MR) is 58.6 cm³/mol. The highest BCUT2D eigenvalue weighted by atomic mass is 32.2. The minimum atomic E-state index is -3.27. The van der Waals surface area contributed by atoms with Crippen molar-refractivity contribution >= 4 is 10.0 Å². The molecule has 0 atom stereocenters. The smallest absolute Gasteiger partial charge is 0.235 e. The van der Waals surface area contributed by atoms with Crippen molar-refractivity contribution in [2.24, 2.45) is 7.05 Å². The number of hydrogen-bond acceptors (Lipinski definition) is 2. The fraction of sp³-hybridized carbons (Fsp3) is 0.400. The van der Waals surface area contributed by atoms with Gasteiger partial charge in [0.2, 0.25) is 10.0 Å². The molecule has 1 aliphatic rings. The van der Waals surface area contributed by atoms with Crippen LogP contribution in [0.5, 0.6) is 0 Å². The van der Waals surface area contributed by atoms with Gasteiger partial charge in [0.25, 0.3) is 0 Å². The van der Waals surface area contributed by atoms with E-state index in [9.17, 15) is 8.42 Å². The van der Waals surface area contributed by atoms with Crippen LogP contribution in [-0.2, 0) is 30.0 Å². The number of nitrogens with zero attached hydrogens (tertiary/aromatic N) is 2. The Labute approximate surface area is 89.9 Å². The van der Waals surface area contributed by atoms with Gasteiger partial charge >= 0.3 is 0 Å². The number of hydrogen-bond donors (Lipinski definition) is 0. The number of sulfonamides is 1. The van der Waals surface area contributed by atoms with E-state index >= 15 is 0 Å². The van der Waals surface area contributed by atoms with Crippen LogP contribution in [0.4, 0.5) is 0 Å². The van der Waals surface area contributed by atoms with Gasteiger partial charge in [0.15, 0.2) is 0 Å². The van der Waals surface area contributed by atoms with Gasteiger partial charge in [-0.1, -0.05) is 6.58 Å². The van der Waals surface area contributed by atoms with E-state index in [0.29, 0.717) is 13.1 Å². The Hall–Kier alpha value is -1.07. The van der Waals surface area contributed by atoms with Gasteiger partial charge in [-0.2, -0.15) is 4.31 Å². The lowest BCUT2D eigenvalue weighted by Crippen LogP contribution is -2.35. The standard InChI is InChI=1S/C10H14N2O2S/c1-3-15(13,14)12-7-5-9-4-6-11(2)10(9)8-12/h3-4,6H,1,5,7-8H2,2H3. The van der Waals surface area contributed by atoms with Crippen LogP contribution in [0.25, 0.3) is 0 Å². The highest BCUT2D eigenvalue weighted by molar-refractivity contribution is 7.91. The third kappa shape index (κ3) is 1.72. The van der Waals surface area contributed by atoms with Crippen molar-refractivity contribution in [3.63, 3.8) is 0 Å². The van der Waals surface area contributed by atoms with Crippen molar-refractivity contribution in [1.82, 2.24) is 8.87 Å². The Morgan fingerprint density at radius 3 is 2.93 bits per heavy atom. The molecule has 1 aliphatic heterocycles. The van der Waals surface area contributed by atoms with Crippen LogP contribution >= 0.6 is 0 Å². The summed E-state index contributed by atoms with van der Waals surface area (Å²) in [6, 6.07) is 2.05. The summed E-state index contributed by atoms with van der Waals surface area (Å²) in [5.74, 6) is 0. The molecule has 4 nitrogen and oxygen atoms in total. The van der Waals surface area contributed by atoms with E-state index in [-0.39, 0.29) is 0 Å². The minimum absolute atomic E-state index is 0.452. The number of fused-ring (bicyclic) bond motifs is 1. The lowest BCUT2D eigenvalue weighted by Gasteiger charge is -2.25. The average Bonchev–Trinajstić information content (AvgIpc) is 2.60. The summed E-state index contributed by atoms with van der Waals surface area (Å²) in [5, 5.41) is 1.01. The Kier molecular flexibility index (Phi) is 2.44. The van der Waals surface area contributed by atoms with E-state index in [2.05, 4.69) is 6.58 Å². The average molecular weight is 226 g/mol. The second kappa shape index (κ2) is 3.50. The van der Waals surface area contributed by atoms with Crippen LogP contribution in [0, 0.1) is 0 Å². The molecule has 15 heavy (non-hydrogen) atoms. The third-order valence-corrected chi connectivity index (χ3v) is 4.28. The van der Waals surface area contributed by atoms with Gasteiger partial charge in [-0.05, 0) is 18.1 Å². The summed E-state index contributed by atoms with van der Waals surface area (Å²) in [5.41, 5.74) is 2.32. The maximum Gasteiger partial charge on any atom is 0.235 e. The molecule has 0 saturated heterocycles. The van der Waals surface area contributed by atoms with Crippen LogP contribution in [0.2, 0.25) is 0 Å². The summed E-state index contributed by atoms with van der Waals surface area (Å²) >= 11 is 0. The molecule has 0 amide bonds. The van der Waals surface area contributed by atoms with Crippen molar-refractivity contribution in [1.29, 1.82) is 0 Å². The molecule has 0 aliphatic carbocycles. The van der Waals surface area contributed by atoms with E-state index in [0.717, 1.165) is 17.5 Å². The van der Waals surface area contributed by atoms with Gasteiger partial charge in [-0.15, -0.1) is 0 Å². The fourth-order valence-corrected chi connectivity index (χ4v) is 2.73. The summed E-state index contributed by atoms with van der Waals surface area (Å²) in [7, 11) is -1.34. The van der Waals surface area contributed by atoms with Gasteiger partial charge in [0.1, 0.15) is 0 Å². The molecule has 0 spiro atoms. The molecular formula is C10H14N2O2S. The van der Waals surface area contributed by atoms with Gasteiger partial charge in [-0.25, -0.2) is 8.42 Å². The molecule has 0 aromatic carbocycles. The lowest BCUT2D eigenvalue weighted by atomic mass is 10.1. The molecule has 1 aromatic rings. The zero-order valence-electron chi connectivity index (χ0n) is 8.68. The number of aryl methyl sites for hydroxylation is 1.